The van der Waals surface area contributed by atoms with E-state index in [0.717, 1.165) is 51.9 Å². The molecule has 0 unspecified atom stereocenters. The van der Waals surface area contributed by atoms with Gasteiger partial charge in [-0.3, -0.25) is 4.79 Å². The Morgan fingerprint density at radius 2 is 1.56 bits per heavy atom. The van der Waals surface area contributed by atoms with Gasteiger partial charge in [0.05, 0.1) is 5.41 Å². The summed E-state index contributed by atoms with van der Waals surface area (Å²) >= 11 is 0. The average molecular weight is 363 g/mol. The number of benzene rings is 2. The molecule has 3 nitrogen and oxygen atoms in total. The van der Waals surface area contributed by atoms with E-state index < -0.39 is 0 Å². The summed E-state index contributed by atoms with van der Waals surface area (Å²) in [5, 5.41) is 0. The van der Waals surface area contributed by atoms with Gasteiger partial charge in [-0.1, -0.05) is 55.3 Å². The fourth-order valence-electron chi connectivity index (χ4n) is 4.87. The molecule has 3 heteroatoms. The summed E-state index contributed by atoms with van der Waals surface area (Å²) in [5.41, 5.74) is 4.85. The maximum Gasteiger partial charge on any atom is 0.233 e. The van der Waals surface area contributed by atoms with E-state index in [2.05, 4.69) is 66.1 Å². The summed E-state index contributed by atoms with van der Waals surface area (Å²) in [7, 11) is 0. The third kappa shape index (κ3) is 3.36. The Bertz CT molecular complexity index is 800. The molecule has 0 bridgehead atoms. The summed E-state index contributed by atoms with van der Waals surface area (Å²) in [6.45, 7) is 7.80. The fourth-order valence-corrected chi connectivity index (χ4v) is 4.87. The smallest absolute Gasteiger partial charge is 0.233 e. The van der Waals surface area contributed by atoms with E-state index in [1.807, 2.05) is 6.07 Å². The highest BCUT2D eigenvalue weighted by molar-refractivity contribution is 5.89. The SMILES string of the molecule is Cc1ccc(C)c(N2CCN(C(=O)C3(c4ccccc4)CCCC3)CC2)c1. The first-order valence-corrected chi connectivity index (χ1v) is 10.3. The summed E-state index contributed by atoms with van der Waals surface area (Å²) < 4.78 is 0. The second kappa shape index (κ2) is 7.38. The molecule has 1 amide bonds. The molecule has 1 aliphatic carbocycles. The van der Waals surface area contributed by atoms with Crippen LogP contribution in [0.2, 0.25) is 0 Å². The zero-order valence-electron chi connectivity index (χ0n) is 16.6. The number of hydrogen-bond donors (Lipinski definition) is 0. The van der Waals surface area contributed by atoms with E-state index in [4.69, 9.17) is 0 Å². The van der Waals surface area contributed by atoms with Crippen molar-refractivity contribution in [3.63, 3.8) is 0 Å². The van der Waals surface area contributed by atoms with Crippen molar-refractivity contribution in [3.8, 4) is 0 Å². The van der Waals surface area contributed by atoms with E-state index in [-0.39, 0.29) is 5.41 Å². The lowest BCUT2D eigenvalue weighted by Gasteiger charge is -2.41. The van der Waals surface area contributed by atoms with Gasteiger partial charge < -0.3 is 9.80 Å². The van der Waals surface area contributed by atoms with Crippen LogP contribution in [-0.4, -0.2) is 37.0 Å². The second-order valence-corrected chi connectivity index (χ2v) is 8.22. The highest BCUT2D eigenvalue weighted by Crippen LogP contribution is 2.42. The Morgan fingerprint density at radius 1 is 0.889 bits per heavy atom. The molecule has 27 heavy (non-hydrogen) atoms. The fraction of sp³-hybridized carbons (Fsp3) is 0.458. The van der Waals surface area contributed by atoms with E-state index in [1.165, 1.54) is 22.4 Å². The number of anilines is 1. The molecule has 2 aliphatic rings. The first-order chi connectivity index (χ1) is 13.1. The van der Waals surface area contributed by atoms with Crippen LogP contribution in [0.5, 0.6) is 0 Å². The minimum absolute atomic E-state index is 0.289. The minimum Gasteiger partial charge on any atom is -0.368 e. The number of hydrogen-bond acceptors (Lipinski definition) is 2. The van der Waals surface area contributed by atoms with E-state index >= 15 is 0 Å². The highest BCUT2D eigenvalue weighted by Gasteiger charge is 2.45. The monoisotopic (exact) mass is 362 g/mol. The molecular formula is C24H30N2O. The van der Waals surface area contributed by atoms with Crippen LogP contribution < -0.4 is 4.90 Å². The molecule has 1 aliphatic heterocycles. The lowest BCUT2D eigenvalue weighted by molar-refractivity contribution is -0.137. The number of carbonyl (C=O) groups is 1. The molecule has 1 saturated carbocycles. The normalized spacial score (nSPS) is 19.3. The van der Waals surface area contributed by atoms with Gasteiger partial charge in [0, 0.05) is 31.9 Å². The maximum atomic E-state index is 13.6. The standard InChI is InChI=1S/C24H30N2O/c1-19-10-11-20(2)22(18-19)25-14-16-26(17-15-25)23(27)24(12-6-7-13-24)21-8-4-3-5-9-21/h3-5,8-11,18H,6-7,12-17H2,1-2H3. The maximum absolute atomic E-state index is 13.6. The van der Waals surface area contributed by atoms with Gasteiger partial charge in [0.15, 0.2) is 0 Å². The van der Waals surface area contributed by atoms with Crippen molar-refractivity contribution >= 4 is 11.6 Å². The predicted molar refractivity (Wildman–Crippen MR) is 111 cm³/mol. The summed E-state index contributed by atoms with van der Waals surface area (Å²) in [6.07, 6.45) is 4.30. The van der Waals surface area contributed by atoms with Crippen molar-refractivity contribution in [1.82, 2.24) is 4.90 Å². The number of piperazine rings is 1. The summed E-state index contributed by atoms with van der Waals surface area (Å²) in [4.78, 5) is 18.2. The van der Waals surface area contributed by atoms with Crippen LogP contribution in [0.3, 0.4) is 0 Å². The van der Waals surface area contributed by atoms with Crippen LogP contribution in [0.25, 0.3) is 0 Å². The summed E-state index contributed by atoms with van der Waals surface area (Å²) in [5.74, 6) is 0.354. The van der Waals surface area contributed by atoms with Crippen LogP contribution >= 0.6 is 0 Å². The quantitative estimate of drug-likeness (QED) is 0.805. The van der Waals surface area contributed by atoms with Crippen molar-refractivity contribution in [3.05, 3.63) is 65.2 Å². The Balaban J connectivity index is 1.50. The van der Waals surface area contributed by atoms with Crippen LogP contribution in [-0.2, 0) is 10.2 Å². The van der Waals surface area contributed by atoms with E-state index in [1.54, 1.807) is 0 Å². The van der Waals surface area contributed by atoms with Crippen LogP contribution in [0.1, 0.15) is 42.4 Å². The molecule has 2 aromatic rings. The Hall–Kier alpha value is -2.29. The first kappa shape index (κ1) is 18.1. The lowest BCUT2D eigenvalue weighted by atomic mass is 9.77. The second-order valence-electron chi connectivity index (χ2n) is 8.22. The van der Waals surface area contributed by atoms with Gasteiger partial charge in [-0.2, -0.15) is 0 Å². The topological polar surface area (TPSA) is 23.6 Å². The molecule has 2 fully saturated rings. The number of rotatable bonds is 3. The minimum atomic E-state index is -0.289. The molecule has 142 valence electrons. The van der Waals surface area contributed by atoms with Crippen molar-refractivity contribution in [2.75, 3.05) is 31.1 Å². The molecule has 4 rings (SSSR count). The number of amides is 1. The van der Waals surface area contributed by atoms with Gasteiger partial charge in [0.25, 0.3) is 0 Å². The van der Waals surface area contributed by atoms with Gasteiger partial charge in [-0.15, -0.1) is 0 Å². The molecule has 0 radical (unpaired) electrons. The zero-order chi connectivity index (χ0) is 18.9. The molecule has 2 aromatic carbocycles. The molecule has 1 heterocycles. The molecule has 1 saturated heterocycles. The highest BCUT2D eigenvalue weighted by atomic mass is 16.2. The molecular weight excluding hydrogens is 332 g/mol. The largest absolute Gasteiger partial charge is 0.368 e. The van der Waals surface area contributed by atoms with Crippen molar-refractivity contribution in [1.29, 1.82) is 0 Å². The number of carbonyl (C=O) groups excluding carboxylic acids is 1. The van der Waals surface area contributed by atoms with Crippen molar-refractivity contribution in [2.45, 2.75) is 44.9 Å². The summed E-state index contributed by atoms with van der Waals surface area (Å²) in [6, 6.07) is 17.1. The van der Waals surface area contributed by atoms with Crippen LogP contribution in [0, 0.1) is 13.8 Å². The van der Waals surface area contributed by atoms with E-state index in [0.29, 0.717) is 5.91 Å². The Kier molecular flexibility index (Phi) is 4.94. The average Bonchev–Trinajstić information content (AvgIpc) is 3.21. The molecule has 0 spiro atoms. The third-order valence-corrected chi connectivity index (χ3v) is 6.47. The van der Waals surface area contributed by atoms with Crippen LogP contribution in [0.15, 0.2) is 48.5 Å². The van der Waals surface area contributed by atoms with Gasteiger partial charge in [0.2, 0.25) is 5.91 Å². The van der Waals surface area contributed by atoms with E-state index in [9.17, 15) is 4.79 Å². The van der Waals surface area contributed by atoms with Gasteiger partial charge in [0.1, 0.15) is 0 Å². The number of aryl methyl sites for hydroxylation is 2. The lowest BCUT2D eigenvalue weighted by Crippen LogP contribution is -2.54. The Morgan fingerprint density at radius 3 is 2.22 bits per heavy atom. The predicted octanol–water partition coefficient (Wildman–Crippen LogP) is 4.46. The van der Waals surface area contributed by atoms with Crippen LogP contribution in [0.4, 0.5) is 5.69 Å². The first-order valence-electron chi connectivity index (χ1n) is 10.3. The Labute approximate surface area is 163 Å². The zero-order valence-corrected chi connectivity index (χ0v) is 16.6. The molecule has 0 atom stereocenters. The third-order valence-electron chi connectivity index (χ3n) is 6.47. The van der Waals surface area contributed by atoms with Crippen molar-refractivity contribution < 1.29 is 4.79 Å². The van der Waals surface area contributed by atoms with Gasteiger partial charge in [-0.25, -0.2) is 0 Å². The van der Waals surface area contributed by atoms with Crippen molar-refractivity contribution in [2.24, 2.45) is 0 Å². The molecule has 0 N–H and O–H groups in total. The van der Waals surface area contributed by atoms with Gasteiger partial charge >= 0.3 is 0 Å². The van der Waals surface area contributed by atoms with Gasteiger partial charge in [-0.05, 0) is 49.4 Å². The number of nitrogens with zero attached hydrogens (tertiary/aromatic N) is 2. The molecule has 0 aromatic heterocycles.